The molecular weight excluding hydrogens is 414 g/mol. The summed E-state index contributed by atoms with van der Waals surface area (Å²) in [4.78, 5) is 19.0. The zero-order chi connectivity index (χ0) is 20.5. The molecule has 3 aromatic carbocycles. The molecule has 144 valence electrons. The minimum absolute atomic E-state index is 0.00000250. The van der Waals surface area contributed by atoms with Gasteiger partial charge in [-0.1, -0.05) is 23.7 Å². The predicted octanol–water partition coefficient (Wildman–Crippen LogP) is 5.69. The number of hydrogen-bond donors (Lipinski definition) is 2. The standard InChI is InChI=1S/C20H12ClN3O4S/c21-12-7-11(19(26)16(8-12)24(27)28)10-22-13-5-6-14(17(25)9-13)20-23-15-3-1-2-4-18(15)29-20/h1-10,25-26H. The van der Waals surface area contributed by atoms with Gasteiger partial charge in [-0.2, -0.15) is 0 Å². The van der Waals surface area contributed by atoms with Gasteiger partial charge in [0.1, 0.15) is 10.8 Å². The van der Waals surface area contributed by atoms with E-state index < -0.39 is 16.4 Å². The van der Waals surface area contributed by atoms with Crippen LogP contribution in [0.15, 0.2) is 59.6 Å². The number of aliphatic imine (C=N–C) groups is 1. The van der Waals surface area contributed by atoms with Crippen LogP contribution in [0.4, 0.5) is 11.4 Å². The van der Waals surface area contributed by atoms with E-state index in [1.165, 1.54) is 29.7 Å². The van der Waals surface area contributed by atoms with E-state index >= 15 is 0 Å². The Labute approximate surface area is 173 Å². The van der Waals surface area contributed by atoms with Crippen molar-refractivity contribution in [3.05, 3.63) is 75.3 Å². The van der Waals surface area contributed by atoms with Crippen LogP contribution in [0.1, 0.15) is 5.56 Å². The lowest BCUT2D eigenvalue weighted by Gasteiger charge is -2.03. The molecule has 29 heavy (non-hydrogen) atoms. The molecule has 4 rings (SSSR count). The number of benzene rings is 3. The van der Waals surface area contributed by atoms with Crippen LogP contribution in [0, 0.1) is 10.1 Å². The van der Waals surface area contributed by atoms with Crippen molar-refractivity contribution < 1.29 is 15.1 Å². The third-order valence-corrected chi connectivity index (χ3v) is 5.43. The summed E-state index contributed by atoms with van der Waals surface area (Å²) in [5, 5.41) is 32.2. The normalized spacial score (nSPS) is 11.3. The summed E-state index contributed by atoms with van der Waals surface area (Å²) >= 11 is 7.34. The fourth-order valence-electron chi connectivity index (χ4n) is 2.76. The number of nitro groups is 1. The first-order chi connectivity index (χ1) is 13.9. The average molecular weight is 426 g/mol. The molecule has 2 N–H and O–H groups in total. The van der Waals surface area contributed by atoms with Crippen LogP contribution < -0.4 is 0 Å². The van der Waals surface area contributed by atoms with E-state index in [9.17, 15) is 20.3 Å². The number of nitro benzene ring substituents is 1. The van der Waals surface area contributed by atoms with Crippen molar-refractivity contribution in [3.8, 4) is 22.1 Å². The second kappa shape index (κ2) is 7.50. The summed E-state index contributed by atoms with van der Waals surface area (Å²) in [5.41, 5.74) is 1.42. The molecule has 0 saturated carbocycles. The van der Waals surface area contributed by atoms with Gasteiger partial charge in [-0.25, -0.2) is 4.98 Å². The number of aromatic nitrogens is 1. The van der Waals surface area contributed by atoms with Crippen molar-refractivity contribution in [1.29, 1.82) is 0 Å². The third-order valence-electron chi connectivity index (χ3n) is 4.14. The highest BCUT2D eigenvalue weighted by molar-refractivity contribution is 7.21. The molecule has 0 amide bonds. The molecule has 0 aliphatic rings. The largest absolute Gasteiger partial charge is 0.507 e. The van der Waals surface area contributed by atoms with Crippen LogP contribution in [-0.4, -0.2) is 26.3 Å². The summed E-state index contributed by atoms with van der Waals surface area (Å²) in [6, 6.07) is 14.9. The number of aromatic hydroxyl groups is 2. The molecule has 1 aromatic heterocycles. The molecule has 0 atom stereocenters. The predicted molar refractivity (Wildman–Crippen MR) is 114 cm³/mol. The summed E-state index contributed by atoms with van der Waals surface area (Å²) in [6.45, 7) is 0. The minimum atomic E-state index is -0.725. The van der Waals surface area contributed by atoms with Crippen LogP contribution in [0.3, 0.4) is 0 Å². The lowest BCUT2D eigenvalue weighted by molar-refractivity contribution is -0.385. The Morgan fingerprint density at radius 3 is 2.66 bits per heavy atom. The lowest BCUT2D eigenvalue weighted by Crippen LogP contribution is -1.92. The Hall–Kier alpha value is -3.49. The van der Waals surface area contributed by atoms with Gasteiger partial charge in [-0.15, -0.1) is 11.3 Å². The van der Waals surface area contributed by atoms with Gasteiger partial charge in [0.15, 0.2) is 0 Å². The van der Waals surface area contributed by atoms with E-state index in [-0.39, 0.29) is 16.3 Å². The number of fused-ring (bicyclic) bond motifs is 1. The van der Waals surface area contributed by atoms with Gasteiger partial charge in [0.2, 0.25) is 5.75 Å². The Bertz CT molecular complexity index is 1250. The molecule has 0 aliphatic heterocycles. The van der Waals surface area contributed by atoms with E-state index in [0.29, 0.717) is 16.3 Å². The fourth-order valence-corrected chi connectivity index (χ4v) is 3.98. The van der Waals surface area contributed by atoms with Crippen LogP contribution in [0.25, 0.3) is 20.8 Å². The molecule has 0 radical (unpaired) electrons. The molecule has 1 heterocycles. The zero-order valence-corrected chi connectivity index (χ0v) is 16.2. The van der Waals surface area contributed by atoms with E-state index in [0.717, 1.165) is 16.3 Å². The number of phenols is 2. The Morgan fingerprint density at radius 1 is 1.14 bits per heavy atom. The van der Waals surface area contributed by atoms with Crippen molar-refractivity contribution in [3.63, 3.8) is 0 Å². The summed E-state index contributed by atoms with van der Waals surface area (Å²) in [6.07, 6.45) is 1.25. The SMILES string of the molecule is O=[N+]([O-])c1cc(Cl)cc(C=Nc2ccc(-c3nc4ccccc4s3)c(O)c2)c1O. The number of halogens is 1. The molecule has 0 aliphatic carbocycles. The Kier molecular flexibility index (Phi) is 4.87. The topological polar surface area (TPSA) is 109 Å². The number of nitrogens with zero attached hydrogens (tertiary/aromatic N) is 3. The number of phenolic OH excluding ortho intramolecular Hbond substituents is 2. The monoisotopic (exact) mass is 425 g/mol. The first kappa shape index (κ1) is 18.9. The maximum Gasteiger partial charge on any atom is 0.312 e. The van der Waals surface area contributed by atoms with Crippen LogP contribution in [-0.2, 0) is 0 Å². The first-order valence-corrected chi connectivity index (χ1v) is 9.52. The highest BCUT2D eigenvalue weighted by Crippen LogP contribution is 2.37. The summed E-state index contributed by atoms with van der Waals surface area (Å²) < 4.78 is 1.02. The van der Waals surface area contributed by atoms with Crippen molar-refractivity contribution in [2.45, 2.75) is 0 Å². The van der Waals surface area contributed by atoms with Gasteiger partial charge >= 0.3 is 5.69 Å². The van der Waals surface area contributed by atoms with Crippen molar-refractivity contribution in [2.24, 2.45) is 4.99 Å². The Morgan fingerprint density at radius 2 is 1.93 bits per heavy atom. The van der Waals surface area contributed by atoms with E-state index in [4.69, 9.17) is 11.6 Å². The third kappa shape index (κ3) is 3.75. The highest BCUT2D eigenvalue weighted by Gasteiger charge is 2.18. The molecule has 0 bridgehead atoms. The van der Waals surface area contributed by atoms with Gasteiger partial charge in [0, 0.05) is 28.9 Å². The smallest absolute Gasteiger partial charge is 0.312 e. The number of rotatable bonds is 4. The average Bonchev–Trinajstić information content (AvgIpc) is 3.12. The van der Waals surface area contributed by atoms with E-state index in [2.05, 4.69) is 9.98 Å². The van der Waals surface area contributed by atoms with Crippen molar-refractivity contribution >= 4 is 50.7 Å². The highest BCUT2D eigenvalue weighted by atomic mass is 35.5. The molecular formula is C20H12ClN3O4S. The zero-order valence-electron chi connectivity index (χ0n) is 14.6. The van der Waals surface area contributed by atoms with Gasteiger partial charge < -0.3 is 10.2 Å². The van der Waals surface area contributed by atoms with Crippen molar-refractivity contribution in [1.82, 2.24) is 4.98 Å². The van der Waals surface area contributed by atoms with Crippen LogP contribution in [0.2, 0.25) is 5.02 Å². The number of hydrogen-bond acceptors (Lipinski definition) is 7. The molecule has 4 aromatic rings. The van der Waals surface area contributed by atoms with Crippen LogP contribution >= 0.6 is 22.9 Å². The molecule has 0 fully saturated rings. The first-order valence-electron chi connectivity index (χ1n) is 8.32. The quantitative estimate of drug-likeness (QED) is 0.248. The maximum absolute atomic E-state index is 11.0. The lowest BCUT2D eigenvalue weighted by atomic mass is 10.1. The van der Waals surface area contributed by atoms with Crippen LogP contribution in [0.5, 0.6) is 11.5 Å². The Balaban J connectivity index is 1.66. The van der Waals surface area contributed by atoms with Gasteiger partial charge in [0.25, 0.3) is 0 Å². The molecule has 9 heteroatoms. The van der Waals surface area contributed by atoms with E-state index in [1.807, 2.05) is 24.3 Å². The fraction of sp³-hybridized carbons (Fsp3) is 0. The van der Waals surface area contributed by atoms with Gasteiger partial charge in [-0.3, -0.25) is 15.1 Å². The molecule has 0 saturated heterocycles. The van der Waals surface area contributed by atoms with E-state index in [1.54, 1.807) is 12.1 Å². The minimum Gasteiger partial charge on any atom is -0.507 e. The van der Waals surface area contributed by atoms with Crippen molar-refractivity contribution in [2.75, 3.05) is 0 Å². The molecule has 0 spiro atoms. The molecule has 7 nitrogen and oxygen atoms in total. The van der Waals surface area contributed by atoms with Gasteiger partial charge in [0.05, 0.1) is 26.4 Å². The number of thiazole rings is 1. The second-order valence-electron chi connectivity index (χ2n) is 6.07. The summed E-state index contributed by atoms with van der Waals surface area (Å²) in [7, 11) is 0. The number of para-hydroxylation sites is 1. The molecule has 0 unspecified atom stereocenters. The second-order valence-corrected chi connectivity index (χ2v) is 7.53. The maximum atomic E-state index is 11.0. The van der Waals surface area contributed by atoms with Gasteiger partial charge in [-0.05, 0) is 30.3 Å². The summed E-state index contributed by atoms with van der Waals surface area (Å²) in [5.74, 6) is -0.529.